The van der Waals surface area contributed by atoms with E-state index < -0.39 is 0 Å². The van der Waals surface area contributed by atoms with E-state index in [1.165, 1.54) is 5.56 Å². The summed E-state index contributed by atoms with van der Waals surface area (Å²) >= 11 is 12.4. The molecule has 0 atom stereocenters. The minimum Gasteiger partial charge on any atom is -0.340 e. The molecular formula is C16H21Cl2N3O. The van der Waals surface area contributed by atoms with Crippen LogP contribution >= 0.6 is 23.2 Å². The van der Waals surface area contributed by atoms with Crippen molar-refractivity contribution in [2.75, 3.05) is 39.3 Å². The number of carbonyl (C=O) groups is 1. The van der Waals surface area contributed by atoms with Gasteiger partial charge in [-0.2, -0.15) is 0 Å². The molecule has 1 saturated heterocycles. The van der Waals surface area contributed by atoms with Crippen LogP contribution < -0.4 is 5.32 Å². The van der Waals surface area contributed by atoms with Gasteiger partial charge in [0.1, 0.15) is 0 Å². The van der Waals surface area contributed by atoms with Crippen LogP contribution in [0.5, 0.6) is 0 Å². The monoisotopic (exact) mass is 341 g/mol. The fourth-order valence-corrected chi connectivity index (χ4v) is 3.75. The van der Waals surface area contributed by atoms with Crippen LogP contribution in [0, 0.1) is 0 Å². The molecule has 1 fully saturated rings. The third kappa shape index (κ3) is 3.74. The molecule has 0 spiro atoms. The molecule has 0 bridgehead atoms. The minimum atomic E-state index is 0.259. The summed E-state index contributed by atoms with van der Waals surface area (Å²) in [5.41, 5.74) is 2.40. The summed E-state index contributed by atoms with van der Waals surface area (Å²) in [6.45, 7) is 6.01. The quantitative estimate of drug-likeness (QED) is 0.915. The first-order valence-electron chi connectivity index (χ1n) is 7.81. The number of benzene rings is 1. The topological polar surface area (TPSA) is 35.6 Å². The highest BCUT2D eigenvalue weighted by Crippen LogP contribution is 2.29. The number of piperazine rings is 1. The Bertz CT molecular complexity index is 559. The lowest BCUT2D eigenvalue weighted by molar-refractivity contribution is -0.132. The van der Waals surface area contributed by atoms with Gasteiger partial charge in [0.2, 0.25) is 5.91 Å². The van der Waals surface area contributed by atoms with Crippen LogP contribution in [0.3, 0.4) is 0 Å². The molecule has 1 aromatic carbocycles. The van der Waals surface area contributed by atoms with Gasteiger partial charge in [0, 0.05) is 62.3 Å². The molecule has 3 rings (SSSR count). The van der Waals surface area contributed by atoms with Gasteiger partial charge in [-0.1, -0.05) is 23.2 Å². The van der Waals surface area contributed by atoms with Gasteiger partial charge in [-0.05, 0) is 29.7 Å². The fourth-order valence-electron chi connectivity index (χ4n) is 3.16. The Labute approximate surface area is 141 Å². The molecule has 0 aromatic heterocycles. The lowest BCUT2D eigenvalue weighted by Gasteiger charge is -2.31. The standard InChI is InChI=1S/C16H21Cl2N3O/c17-13-9-12-1-5-20(11-14(12)15(18)10-13)6-2-16(22)21-7-3-19-4-8-21/h9-10,19H,1-8,11H2. The summed E-state index contributed by atoms with van der Waals surface area (Å²) in [5, 5.41) is 4.70. The smallest absolute Gasteiger partial charge is 0.223 e. The van der Waals surface area contributed by atoms with Gasteiger partial charge in [-0.3, -0.25) is 9.69 Å². The van der Waals surface area contributed by atoms with Gasteiger partial charge < -0.3 is 10.2 Å². The lowest BCUT2D eigenvalue weighted by Crippen LogP contribution is -2.47. The maximum atomic E-state index is 12.2. The van der Waals surface area contributed by atoms with Gasteiger partial charge in [0.05, 0.1) is 0 Å². The lowest BCUT2D eigenvalue weighted by atomic mass is 9.99. The van der Waals surface area contributed by atoms with Crippen molar-refractivity contribution in [1.82, 2.24) is 15.1 Å². The number of hydrogen-bond acceptors (Lipinski definition) is 3. The summed E-state index contributed by atoms with van der Waals surface area (Å²) < 4.78 is 0. The van der Waals surface area contributed by atoms with Crippen molar-refractivity contribution in [3.8, 4) is 0 Å². The summed E-state index contributed by atoms with van der Waals surface area (Å²) in [4.78, 5) is 16.5. The Balaban J connectivity index is 1.55. The zero-order valence-electron chi connectivity index (χ0n) is 12.6. The Morgan fingerprint density at radius 3 is 2.73 bits per heavy atom. The van der Waals surface area contributed by atoms with E-state index >= 15 is 0 Å². The van der Waals surface area contributed by atoms with Crippen molar-refractivity contribution >= 4 is 29.1 Å². The van der Waals surface area contributed by atoms with Crippen molar-refractivity contribution in [1.29, 1.82) is 0 Å². The summed E-state index contributed by atoms with van der Waals surface area (Å²) in [5.74, 6) is 0.259. The Morgan fingerprint density at radius 1 is 1.18 bits per heavy atom. The number of nitrogens with zero attached hydrogens (tertiary/aromatic N) is 2. The number of rotatable bonds is 3. The average Bonchev–Trinajstić information content (AvgIpc) is 2.53. The summed E-state index contributed by atoms with van der Waals surface area (Å²) in [6, 6.07) is 3.81. The van der Waals surface area contributed by atoms with E-state index in [1.807, 2.05) is 11.0 Å². The van der Waals surface area contributed by atoms with Crippen molar-refractivity contribution in [3.63, 3.8) is 0 Å². The maximum absolute atomic E-state index is 12.2. The normalized spacial score (nSPS) is 19.1. The highest BCUT2D eigenvalue weighted by atomic mass is 35.5. The second kappa shape index (κ2) is 7.18. The van der Waals surface area contributed by atoms with Gasteiger partial charge in [0.25, 0.3) is 0 Å². The molecule has 2 aliphatic rings. The number of hydrogen-bond donors (Lipinski definition) is 1. The fraction of sp³-hybridized carbons (Fsp3) is 0.562. The van der Waals surface area contributed by atoms with Crippen molar-refractivity contribution in [2.24, 2.45) is 0 Å². The van der Waals surface area contributed by atoms with Crippen LogP contribution in [0.1, 0.15) is 17.5 Å². The molecule has 0 unspecified atom stereocenters. The first-order chi connectivity index (χ1) is 10.6. The molecule has 0 aliphatic carbocycles. The second-order valence-electron chi connectivity index (χ2n) is 5.93. The highest BCUT2D eigenvalue weighted by molar-refractivity contribution is 6.35. The minimum absolute atomic E-state index is 0.259. The summed E-state index contributed by atoms with van der Waals surface area (Å²) in [7, 11) is 0. The first kappa shape index (κ1) is 16.1. The zero-order chi connectivity index (χ0) is 15.5. The molecule has 2 aliphatic heterocycles. The third-order valence-electron chi connectivity index (χ3n) is 4.44. The Morgan fingerprint density at radius 2 is 1.95 bits per heavy atom. The predicted octanol–water partition coefficient (Wildman–Crippen LogP) is 2.17. The molecule has 22 heavy (non-hydrogen) atoms. The van der Waals surface area contributed by atoms with Crippen molar-refractivity contribution in [2.45, 2.75) is 19.4 Å². The van der Waals surface area contributed by atoms with Gasteiger partial charge in [-0.15, -0.1) is 0 Å². The Kier molecular flexibility index (Phi) is 5.24. The van der Waals surface area contributed by atoms with Crippen molar-refractivity contribution < 1.29 is 4.79 Å². The van der Waals surface area contributed by atoms with Crippen LogP contribution in [0.2, 0.25) is 10.0 Å². The molecule has 1 aromatic rings. The summed E-state index contributed by atoms with van der Waals surface area (Å²) in [6.07, 6.45) is 1.53. The van der Waals surface area contributed by atoms with Crippen LogP contribution in [-0.2, 0) is 17.8 Å². The van der Waals surface area contributed by atoms with E-state index in [0.717, 1.165) is 62.8 Å². The number of nitrogens with one attached hydrogen (secondary N) is 1. The molecular weight excluding hydrogens is 321 g/mol. The van der Waals surface area contributed by atoms with Gasteiger partial charge in [-0.25, -0.2) is 0 Å². The predicted molar refractivity (Wildman–Crippen MR) is 89.5 cm³/mol. The van der Waals surface area contributed by atoms with E-state index in [9.17, 15) is 4.79 Å². The molecule has 0 saturated carbocycles. The van der Waals surface area contributed by atoms with E-state index in [0.29, 0.717) is 11.4 Å². The van der Waals surface area contributed by atoms with Crippen LogP contribution in [0.4, 0.5) is 0 Å². The maximum Gasteiger partial charge on any atom is 0.223 e. The van der Waals surface area contributed by atoms with Crippen LogP contribution in [-0.4, -0.2) is 55.0 Å². The van der Waals surface area contributed by atoms with E-state index in [-0.39, 0.29) is 5.91 Å². The molecule has 120 valence electrons. The molecule has 2 heterocycles. The van der Waals surface area contributed by atoms with E-state index in [1.54, 1.807) is 6.07 Å². The number of halogens is 2. The molecule has 6 heteroatoms. The molecule has 1 amide bonds. The number of fused-ring (bicyclic) bond motifs is 1. The first-order valence-corrected chi connectivity index (χ1v) is 8.57. The van der Waals surface area contributed by atoms with Gasteiger partial charge in [0.15, 0.2) is 0 Å². The van der Waals surface area contributed by atoms with E-state index in [4.69, 9.17) is 23.2 Å². The van der Waals surface area contributed by atoms with Crippen LogP contribution in [0.25, 0.3) is 0 Å². The van der Waals surface area contributed by atoms with Crippen molar-refractivity contribution in [3.05, 3.63) is 33.3 Å². The zero-order valence-corrected chi connectivity index (χ0v) is 14.1. The average molecular weight is 342 g/mol. The second-order valence-corrected chi connectivity index (χ2v) is 6.78. The Hall–Kier alpha value is -0.810. The van der Waals surface area contributed by atoms with Gasteiger partial charge >= 0.3 is 0 Å². The third-order valence-corrected chi connectivity index (χ3v) is 5.00. The molecule has 0 radical (unpaired) electrons. The SMILES string of the molecule is O=C(CCN1CCc2cc(Cl)cc(Cl)c2C1)N1CCNCC1. The molecule has 4 nitrogen and oxygen atoms in total. The number of amides is 1. The highest BCUT2D eigenvalue weighted by Gasteiger charge is 2.21. The molecule has 1 N–H and O–H groups in total. The number of carbonyl (C=O) groups excluding carboxylic acids is 1. The van der Waals surface area contributed by atoms with E-state index in [2.05, 4.69) is 10.2 Å². The largest absolute Gasteiger partial charge is 0.340 e. The van der Waals surface area contributed by atoms with Crippen LogP contribution in [0.15, 0.2) is 12.1 Å².